The van der Waals surface area contributed by atoms with Gasteiger partial charge in [0.15, 0.2) is 23.0 Å². The molecule has 0 aliphatic carbocycles. The minimum absolute atomic E-state index is 0.183. The van der Waals surface area contributed by atoms with E-state index >= 15 is 0 Å². The smallest absolute Gasteiger partial charge is 0.367 e. The van der Waals surface area contributed by atoms with Crippen LogP contribution in [0.4, 0.5) is 37.7 Å². The Kier molecular flexibility index (Phi) is 5.53. The predicted molar refractivity (Wildman–Crippen MR) is 102 cm³/mol. The van der Waals surface area contributed by atoms with Crippen LogP contribution in [0.25, 0.3) is 5.69 Å². The number of carbonyl (C=O) groups excluding carboxylic acids is 1. The van der Waals surface area contributed by atoms with E-state index < -0.39 is 40.9 Å². The van der Waals surface area contributed by atoms with Gasteiger partial charge in [-0.15, -0.1) is 5.10 Å². The second-order valence-electron chi connectivity index (χ2n) is 7.11. The third-order valence-electron chi connectivity index (χ3n) is 4.92. The molecule has 0 unspecified atom stereocenters. The van der Waals surface area contributed by atoms with Gasteiger partial charge in [0.2, 0.25) is 0 Å². The number of benzene rings is 2. The molecular weight excluding hydrogens is 440 g/mol. The summed E-state index contributed by atoms with van der Waals surface area (Å²) in [6.45, 7) is 0.946. The molecule has 0 atom stereocenters. The van der Waals surface area contributed by atoms with E-state index in [4.69, 9.17) is 0 Å². The maximum Gasteiger partial charge on any atom is 0.435 e. The second-order valence-corrected chi connectivity index (χ2v) is 7.11. The van der Waals surface area contributed by atoms with Crippen molar-refractivity contribution in [2.75, 3.05) is 23.3 Å². The van der Waals surface area contributed by atoms with E-state index in [1.54, 1.807) is 0 Å². The van der Waals surface area contributed by atoms with Gasteiger partial charge in [0.05, 0.1) is 5.69 Å². The van der Waals surface area contributed by atoms with Crippen LogP contribution < -0.4 is 10.2 Å². The molecule has 0 saturated carbocycles. The van der Waals surface area contributed by atoms with Crippen LogP contribution in [0.3, 0.4) is 0 Å². The third-order valence-corrected chi connectivity index (χ3v) is 4.92. The molecule has 2 heterocycles. The van der Waals surface area contributed by atoms with Crippen LogP contribution in [0.5, 0.6) is 0 Å². The van der Waals surface area contributed by atoms with Crippen LogP contribution in [-0.2, 0) is 6.18 Å². The van der Waals surface area contributed by atoms with Crippen molar-refractivity contribution in [1.29, 1.82) is 0 Å². The van der Waals surface area contributed by atoms with Crippen LogP contribution in [-0.4, -0.2) is 34.0 Å². The SMILES string of the molecule is O=C(Nc1cc(F)c(N2CCCC2)c(F)c1)c1nnn(-c2ccc(F)cc2)c1C(F)(F)F. The van der Waals surface area contributed by atoms with Crippen molar-refractivity contribution < 1.29 is 31.1 Å². The summed E-state index contributed by atoms with van der Waals surface area (Å²) in [5.74, 6) is -3.94. The lowest BCUT2D eigenvalue weighted by atomic mass is 10.2. The Morgan fingerprint density at radius 2 is 1.56 bits per heavy atom. The summed E-state index contributed by atoms with van der Waals surface area (Å²) in [6.07, 6.45) is -3.50. The fourth-order valence-corrected chi connectivity index (χ4v) is 3.52. The Bertz CT molecular complexity index is 1130. The summed E-state index contributed by atoms with van der Waals surface area (Å²) in [5, 5.41) is 8.68. The lowest BCUT2D eigenvalue weighted by Crippen LogP contribution is -2.22. The summed E-state index contributed by atoms with van der Waals surface area (Å²) >= 11 is 0. The minimum atomic E-state index is -5.05. The Balaban J connectivity index is 1.66. The summed E-state index contributed by atoms with van der Waals surface area (Å²) in [4.78, 5) is 14.0. The number of aromatic nitrogens is 3. The fourth-order valence-electron chi connectivity index (χ4n) is 3.52. The Morgan fingerprint density at radius 3 is 2.12 bits per heavy atom. The van der Waals surface area contributed by atoms with Crippen LogP contribution in [0, 0.1) is 17.5 Å². The van der Waals surface area contributed by atoms with Crippen molar-refractivity contribution in [2.45, 2.75) is 19.0 Å². The highest BCUT2D eigenvalue weighted by molar-refractivity contribution is 6.03. The van der Waals surface area contributed by atoms with Crippen molar-refractivity contribution in [3.05, 3.63) is 65.2 Å². The average Bonchev–Trinajstić information content (AvgIpc) is 3.38. The molecule has 3 aromatic rings. The van der Waals surface area contributed by atoms with Gasteiger partial charge in [-0.2, -0.15) is 13.2 Å². The summed E-state index contributed by atoms with van der Waals surface area (Å²) in [5.41, 5.74) is -3.43. The lowest BCUT2D eigenvalue weighted by Gasteiger charge is -2.19. The highest BCUT2D eigenvalue weighted by atomic mass is 19.4. The predicted octanol–water partition coefficient (Wildman–Crippen LogP) is 4.56. The number of carbonyl (C=O) groups is 1. The highest BCUT2D eigenvalue weighted by Gasteiger charge is 2.42. The number of nitrogens with zero attached hydrogens (tertiary/aromatic N) is 4. The van der Waals surface area contributed by atoms with Gasteiger partial charge >= 0.3 is 6.18 Å². The molecule has 6 nitrogen and oxygen atoms in total. The van der Waals surface area contributed by atoms with Crippen molar-refractivity contribution in [2.24, 2.45) is 0 Å². The van der Waals surface area contributed by atoms with E-state index in [1.807, 2.05) is 5.32 Å². The van der Waals surface area contributed by atoms with E-state index in [2.05, 4.69) is 10.3 Å². The van der Waals surface area contributed by atoms with Gasteiger partial charge in [-0.25, -0.2) is 17.9 Å². The van der Waals surface area contributed by atoms with Crippen LogP contribution >= 0.6 is 0 Å². The zero-order chi connectivity index (χ0) is 23.0. The van der Waals surface area contributed by atoms with Gasteiger partial charge in [-0.05, 0) is 49.2 Å². The standard InChI is InChI=1S/C20H15F6N5O/c21-11-3-5-13(6-4-11)31-18(20(24,25)26)16(28-29-31)19(32)27-12-9-14(22)17(15(23)10-12)30-7-1-2-8-30/h3-6,9-10H,1-2,7-8H2,(H,27,32). The molecule has 1 amide bonds. The number of nitrogens with one attached hydrogen (secondary N) is 1. The Labute approximate surface area is 177 Å². The van der Waals surface area contributed by atoms with E-state index in [9.17, 15) is 31.1 Å². The summed E-state index contributed by atoms with van der Waals surface area (Å²) in [6, 6.07) is 5.55. The van der Waals surface area contributed by atoms with Crippen molar-refractivity contribution in [3.8, 4) is 5.69 Å². The zero-order valence-electron chi connectivity index (χ0n) is 16.3. The molecule has 1 saturated heterocycles. The van der Waals surface area contributed by atoms with E-state index in [0.29, 0.717) is 17.8 Å². The van der Waals surface area contributed by atoms with Crippen LogP contribution in [0.2, 0.25) is 0 Å². The van der Waals surface area contributed by atoms with E-state index in [-0.39, 0.29) is 17.1 Å². The van der Waals surface area contributed by atoms with Gasteiger partial charge in [-0.1, -0.05) is 5.21 Å². The molecule has 32 heavy (non-hydrogen) atoms. The van der Waals surface area contributed by atoms with Crippen molar-refractivity contribution >= 4 is 17.3 Å². The number of hydrogen-bond acceptors (Lipinski definition) is 4. The van der Waals surface area contributed by atoms with Crippen LogP contribution in [0.15, 0.2) is 36.4 Å². The number of rotatable bonds is 4. The van der Waals surface area contributed by atoms with Crippen molar-refractivity contribution in [1.82, 2.24) is 15.0 Å². The average molecular weight is 455 g/mol. The molecule has 0 radical (unpaired) electrons. The Morgan fingerprint density at radius 1 is 0.969 bits per heavy atom. The zero-order valence-corrected chi connectivity index (χ0v) is 16.3. The quantitative estimate of drug-likeness (QED) is 0.587. The number of alkyl halides is 3. The minimum Gasteiger partial charge on any atom is -0.367 e. The lowest BCUT2D eigenvalue weighted by molar-refractivity contribution is -0.143. The van der Waals surface area contributed by atoms with Crippen molar-refractivity contribution in [3.63, 3.8) is 0 Å². The molecule has 1 aliphatic rings. The van der Waals surface area contributed by atoms with Gasteiger partial charge in [-0.3, -0.25) is 4.79 Å². The van der Waals surface area contributed by atoms with Gasteiger partial charge < -0.3 is 10.2 Å². The first kappa shape index (κ1) is 21.7. The molecule has 4 rings (SSSR count). The molecular formula is C20H15F6N5O. The highest BCUT2D eigenvalue weighted by Crippen LogP contribution is 2.34. The van der Waals surface area contributed by atoms with E-state index in [0.717, 1.165) is 49.2 Å². The van der Waals surface area contributed by atoms with E-state index in [1.165, 1.54) is 4.90 Å². The molecule has 0 bridgehead atoms. The maximum absolute atomic E-state index is 14.5. The first-order valence-corrected chi connectivity index (χ1v) is 9.49. The molecule has 0 spiro atoms. The number of amides is 1. The maximum atomic E-state index is 14.5. The van der Waals surface area contributed by atoms with Gasteiger partial charge in [0.1, 0.15) is 11.5 Å². The first-order chi connectivity index (χ1) is 15.1. The van der Waals surface area contributed by atoms with Gasteiger partial charge in [0.25, 0.3) is 5.91 Å². The van der Waals surface area contributed by atoms with Gasteiger partial charge in [0, 0.05) is 18.8 Å². The molecule has 168 valence electrons. The molecule has 1 aliphatic heterocycles. The fraction of sp³-hybridized carbons (Fsp3) is 0.250. The molecule has 12 heteroatoms. The largest absolute Gasteiger partial charge is 0.435 e. The first-order valence-electron chi connectivity index (χ1n) is 9.49. The topological polar surface area (TPSA) is 63.1 Å². The molecule has 2 aromatic carbocycles. The molecule has 1 fully saturated rings. The van der Waals surface area contributed by atoms with Crippen LogP contribution in [0.1, 0.15) is 29.0 Å². The molecule has 1 N–H and O–H groups in total. The second kappa shape index (κ2) is 8.17. The summed E-state index contributed by atoms with van der Waals surface area (Å²) in [7, 11) is 0. The summed E-state index contributed by atoms with van der Waals surface area (Å²) < 4.78 is 83.4. The monoisotopic (exact) mass is 455 g/mol. The molecule has 1 aromatic heterocycles. The number of anilines is 2. The Hall–Kier alpha value is -3.57. The normalized spacial score (nSPS) is 14.1. The third kappa shape index (κ3) is 4.12. The number of hydrogen-bond donors (Lipinski definition) is 1. The number of halogens is 6.